The van der Waals surface area contributed by atoms with E-state index in [1.165, 1.54) is 5.56 Å². The number of benzene rings is 1. The molecule has 1 saturated heterocycles. The van der Waals surface area contributed by atoms with Crippen molar-refractivity contribution in [2.45, 2.75) is 19.5 Å². The molecule has 1 aliphatic rings. The molecule has 0 radical (unpaired) electrons. The molecule has 2 N–H and O–H groups in total. The average molecular weight is 234 g/mol. The minimum Gasteiger partial charge on any atom is -0.379 e. The lowest BCUT2D eigenvalue weighted by Crippen LogP contribution is -2.40. The molecule has 3 nitrogen and oxygen atoms in total. The molecule has 17 heavy (non-hydrogen) atoms. The zero-order valence-corrected chi connectivity index (χ0v) is 10.5. The normalized spacial score (nSPS) is 24.1. The van der Waals surface area contributed by atoms with Gasteiger partial charge in [0.15, 0.2) is 0 Å². The summed E-state index contributed by atoms with van der Waals surface area (Å²) in [6.07, 6.45) is 0. The lowest BCUT2D eigenvalue weighted by molar-refractivity contribution is 0.182. The molecular formula is C14H22N2O. The lowest BCUT2D eigenvalue weighted by Gasteiger charge is -2.18. The fourth-order valence-electron chi connectivity index (χ4n) is 2.29. The Hall–Kier alpha value is -0.900. The second-order valence-electron chi connectivity index (χ2n) is 4.58. The summed E-state index contributed by atoms with van der Waals surface area (Å²) in [5.74, 6) is 0.596. The molecule has 0 saturated carbocycles. The Morgan fingerprint density at radius 3 is 2.82 bits per heavy atom. The second-order valence-corrected chi connectivity index (χ2v) is 4.58. The smallest absolute Gasteiger partial charge is 0.0623 e. The van der Waals surface area contributed by atoms with Crippen LogP contribution in [0.15, 0.2) is 30.3 Å². The summed E-state index contributed by atoms with van der Waals surface area (Å²) in [5.41, 5.74) is 1.34. The van der Waals surface area contributed by atoms with E-state index in [2.05, 4.69) is 47.9 Å². The highest BCUT2D eigenvalue weighted by Gasteiger charge is 2.26. The van der Waals surface area contributed by atoms with Gasteiger partial charge >= 0.3 is 0 Å². The quantitative estimate of drug-likeness (QED) is 0.780. The van der Waals surface area contributed by atoms with E-state index < -0.39 is 0 Å². The number of hydrogen-bond acceptors (Lipinski definition) is 3. The SMILES string of the molecule is CCNC1COCC1CNCc1ccccc1. The average Bonchev–Trinajstić information content (AvgIpc) is 2.79. The van der Waals surface area contributed by atoms with E-state index in [4.69, 9.17) is 4.74 Å². The summed E-state index contributed by atoms with van der Waals surface area (Å²) < 4.78 is 5.52. The van der Waals surface area contributed by atoms with Crippen LogP contribution in [0.4, 0.5) is 0 Å². The van der Waals surface area contributed by atoms with Crippen LogP contribution in [0, 0.1) is 5.92 Å². The molecule has 94 valence electrons. The third kappa shape index (κ3) is 3.80. The van der Waals surface area contributed by atoms with E-state index in [9.17, 15) is 0 Å². The van der Waals surface area contributed by atoms with Gasteiger partial charge in [-0.1, -0.05) is 37.3 Å². The molecular weight excluding hydrogens is 212 g/mol. The number of rotatable bonds is 6. The van der Waals surface area contributed by atoms with Crippen molar-refractivity contribution < 1.29 is 4.74 Å². The predicted molar refractivity (Wildman–Crippen MR) is 69.9 cm³/mol. The zero-order chi connectivity index (χ0) is 11.9. The van der Waals surface area contributed by atoms with Gasteiger partial charge in [-0.05, 0) is 12.1 Å². The molecule has 0 aliphatic carbocycles. The molecule has 1 aliphatic heterocycles. The standard InChI is InChI=1S/C14H22N2O/c1-2-16-14-11-17-10-13(14)9-15-8-12-6-4-3-5-7-12/h3-7,13-16H,2,8-11H2,1H3. The van der Waals surface area contributed by atoms with Gasteiger partial charge in [0, 0.05) is 25.0 Å². The molecule has 2 atom stereocenters. The lowest BCUT2D eigenvalue weighted by atomic mass is 10.0. The predicted octanol–water partition coefficient (Wildman–Crippen LogP) is 1.40. The molecule has 1 fully saturated rings. The topological polar surface area (TPSA) is 33.3 Å². The van der Waals surface area contributed by atoms with Crippen LogP contribution in [0.2, 0.25) is 0 Å². The monoisotopic (exact) mass is 234 g/mol. The van der Waals surface area contributed by atoms with Crippen LogP contribution in [0.1, 0.15) is 12.5 Å². The van der Waals surface area contributed by atoms with Crippen molar-refractivity contribution in [1.29, 1.82) is 0 Å². The van der Waals surface area contributed by atoms with E-state index in [-0.39, 0.29) is 0 Å². The van der Waals surface area contributed by atoms with E-state index in [1.54, 1.807) is 0 Å². The van der Waals surface area contributed by atoms with E-state index >= 15 is 0 Å². The summed E-state index contributed by atoms with van der Waals surface area (Å²) in [6.45, 7) is 6.85. The van der Waals surface area contributed by atoms with Crippen molar-refractivity contribution >= 4 is 0 Å². The van der Waals surface area contributed by atoms with Gasteiger partial charge < -0.3 is 15.4 Å². The van der Waals surface area contributed by atoms with Crippen molar-refractivity contribution in [3.63, 3.8) is 0 Å². The highest BCUT2D eigenvalue weighted by Crippen LogP contribution is 2.12. The number of nitrogens with one attached hydrogen (secondary N) is 2. The van der Waals surface area contributed by atoms with Gasteiger partial charge in [-0.3, -0.25) is 0 Å². The van der Waals surface area contributed by atoms with Gasteiger partial charge in [0.05, 0.1) is 13.2 Å². The first-order valence-electron chi connectivity index (χ1n) is 6.46. The number of ether oxygens (including phenoxy) is 1. The van der Waals surface area contributed by atoms with E-state index in [0.717, 1.165) is 32.8 Å². The molecule has 2 unspecified atom stereocenters. The first-order chi connectivity index (χ1) is 8.40. The molecule has 1 aromatic carbocycles. The Kier molecular flexibility index (Phi) is 4.98. The third-order valence-corrected chi connectivity index (χ3v) is 3.24. The number of likely N-dealkylation sites (N-methyl/N-ethyl adjacent to an activating group) is 1. The van der Waals surface area contributed by atoms with Crippen molar-refractivity contribution in [2.24, 2.45) is 5.92 Å². The molecule has 0 spiro atoms. The Morgan fingerprint density at radius 2 is 2.06 bits per heavy atom. The first kappa shape index (κ1) is 12.6. The first-order valence-corrected chi connectivity index (χ1v) is 6.46. The Bertz CT molecular complexity index is 315. The summed E-state index contributed by atoms with van der Waals surface area (Å²) in [5, 5.41) is 6.99. The Labute approximate surface area is 104 Å². The van der Waals surface area contributed by atoms with Crippen LogP contribution in [0.25, 0.3) is 0 Å². The minimum atomic E-state index is 0.517. The molecule has 0 amide bonds. The van der Waals surface area contributed by atoms with E-state index in [0.29, 0.717) is 12.0 Å². The highest BCUT2D eigenvalue weighted by molar-refractivity contribution is 5.14. The van der Waals surface area contributed by atoms with Crippen LogP contribution in [-0.4, -0.2) is 32.3 Å². The molecule has 0 bridgehead atoms. The van der Waals surface area contributed by atoms with Gasteiger partial charge in [0.2, 0.25) is 0 Å². The fourth-order valence-corrected chi connectivity index (χ4v) is 2.29. The highest BCUT2D eigenvalue weighted by atomic mass is 16.5. The summed E-state index contributed by atoms with van der Waals surface area (Å²) in [7, 11) is 0. The largest absolute Gasteiger partial charge is 0.379 e. The number of hydrogen-bond donors (Lipinski definition) is 2. The minimum absolute atomic E-state index is 0.517. The summed E-state index contributed by atoms with van der Waals surface area (Å²) in [6, 6.07) is 11.0. The van der Waals surface area contributed by atoms with Crippen molar-refractivity contribution in [3.8, 4) is 0 Å². The van der Waals surface area contributed by atoms with Crippen LogP contribution in [0.5, 0.6) is 0 Å². The maximum Gasteiger partial charge on any atom is 0.0623 e. The van der Waals surface area contributed by atoms with Crippen molar-refractivity contribution in [2.75, 3.05) is 26.3 Å². The summed E-state index contributed by atoms with van der Waals surface area (Å²) in [4.78, 5) is 0. The Balaban J connectivity index is 1.71. The van der Waals surface area contributed by atoms with Crippen molar-refractivity contribution in [1.82, 2.24) is 10.6 Å². The molecule has 0 aromatic heterocycles. The molecule has 2 rings (SSSR count). The van der Waals surface area contributed by atoms with Crippen LogP contribution in [0.3, 0.4) is 0 Å². The van der Waals surface area contributed by atoms with Gasteiger partial charge in [-0.2, -0.15) is 0 Å². The second kappa shape index (κ2) is 6.74. The molecule has 1 aromatic rings. The van der Waals surface area contributed by atoms with Gasteiger partial charge in [0.25, 0.3) is 0 Å². The molecule has 3 heteroatoms. The fraction of sp³-hybridized carbons (Fsp3) is 0.571. The van der Waals surface area contributed by atoms with Gasteiger partial charge in [-0.25, -0.2) is 0 Å². The maximum absolute atomic E-state index is 5.52. The summed E-state index contributed by atoms with van der Waals surface area (Å²) >= 11 is 0. The van der Waals surface area contributed by atoms with Crippen LogP contribution < -0.4 is 10.6 Å². The molecule has 1 heterocycles. The van der Waals surface area contributed by atoms with E-state index in [1.807, 2.05) is 0 Å². The maximum atomic E-state index is 5.52. The Morgan fingerprint density at radius 1 is 1.24 bits per heavy atom. The third-order valence-electron chi connectivity index (χ3n) is 3.24. The van der Waals surface area contributed by atoms with Crippen LogP contribution >= 0.6 is 0 Å². The van der Waals surface area contributed by atoms with Crippen molar-refractivity contribution in [3.05, 3.63) is 35.9 Å². The van der Waals surface area contributed by atoms with Gasteiger partial charge in [-0.15, -0.1) is 0 Å². The van der Waals surface area contributed by atoms with Crippen LogP contribution in [-0.2, 0) is 11.3 Å². The zero-order valence-electron chi connectivity index (χ0n) is 10.5. The van der Waals surface area contributed by atoms with Gasteiger partial charge in [0.1, 0.15) is 0 Å².